The van der Waals surface area contributed by atoms with Crippen molar-refractivity contribution in [2.45, 2.75) is 187 Å². The van der Waals surface area contributed by atoms with Crippen molar-refractivity contribution in [2.24, 2.45) is 47.3 Å². The Balaban J connectivity index is 0.714. The van der Waals surface area contributed by atoms with Crippen LogP contribution in [0.3, 0.4) is 0 Å². The number of ether oxygens (including phenoxy) is 5. The molecule has 4 amide bonds. The molecule has 5 aromatic carbocycles. The number of esters is 2. The molecule has 2 aromatic heterocycles. The van der Waals surface area contributed by atoms with Gasteiger partial charge in [-0.3, -0.25) is 23.7 Å². The van der Waals surface area contributed by atoms with Crippen molar-refractivity contribution in [1.82, 2.24) is 30.8 Å². The third kappa shape index (κ3) is 16.5. The molecule has 105 heavy (non-hydrogen) atoms. The summed E-state index contributed by atoms with van der Waals surface area (Å²) in [5, 5.41) is 12.0. The molecule has 1 aliphatic heterocycles. The van der Waals surface area contributed by atoms with Gasteiger partial charge in [-0.2, -0.15) is 4.98 Å². The van der Waals surface area contributed by atoms with E-state index in [4.69, 9.17) is 28.1 Å². The number of aryl methyl sites for hydroxylation is 1. The van der Waals surface area contributed by atoms with Crippen molar-refractivity contribution >= 4 is 58.6 Å². The average Bonchev–Trinajstić information content (AvgIpc) is 1.60. The van der Waals surface area contributed by atoms with Gasteiger partial charge in [0.05, 0.1) is 17.5 Å². The number of furan rings is 1. The molecular formula is C84H98N6O15. The molecule has 0 bridgehead atoms. The minimum absolute atomic E-state index is 0.0492. The van der Waals surface area contributed by atoms with Gasteiger partial charge >= 0.3 is 29.8 Å². The molecule has 21 nitrogen and oxygen atoms in total. The molecule has 1 saturated heterocycles. The van der Waals surface area contributed by atoms with Crippen LogP contribution in [0.5, 0.6) is 0 Å². The summed E-state index contributed by atoms with van der Waals surface area (Å²) in [5.74, 6) is -8.34. The van der Waals surface area contributed by atoms with Crippen LogP contribution in [0.15, 0.2) is 143 Å². The zero-order chi connectivity index (χ0) is 74.3. The van der Waals surface area contributed by atoms with E-state index in [1.807, 2.05) is 137 Å². The number of amides is 4. The number of nitrogens with one attached hydrogen (secondary N) is 4. The number of hydrogen-bond acceptors (Lipinski definition) is 16. The zero-order valence-corrected chi connectivity index (χ0v) is 61.4. The van der Waals surface area contributed by atoms with Gasteiger partial charge in [-0.15, -0.1) is 0 Å². The largest absolute Gasteiger partial charge is 0.461 e. The number of hydrogen-bond donors (Lipinski definition) is 4. The van der Waals surface area contributed by atoms with Crippen molar-refractivity contribution in [3.8, 4) is 33.6 Å². The Kier molecular flexibility index (Phi) is 23.7. The molecule has 11 atom stereocenters. The number of unbranched alkanes of at least 4 members (excludes halogenated alkanes) is 2. The summed E-state index contributed by atoms with van der Waals surface area (Å²) in [6, 6.07) is 37.4. The highest BCUT2D eigenvalue weighted by Crippen LogP contribution is 2.47. The quantitative estimate of drug-likeness (QED) is 0.0193. The highest BCUT2D eigenvalue weighted by molar-refractivity contribution is 5.97. The summed E-state index contributed by atoms with van der Waals surface area (Å²) < 4.78 is 38.0. The maximum absolute atomic E-state index is 14.8. The molecular weight excluding hydrogens is 1330 g/mol. The van der Waals surface area contributed by atoms with Crippen LogP contribution in [0.1, 0.15) is 172 Å². The summed E-state index contributed by atoms with van der Waals surface area (Å²) in [4.78, 5) is 133. The maximum atomic E-state index is 14.8. The number of benzene rings is 5. The number of alkyl carbamates (subject to hydrolysis) is 2. The number of nitrogens with zero attached hydrogens (tertiary/aromatic N) is 2. The lowest BCUT2D eigenvalue weighted by Gasteiger charge is -2.29. The molecule has 2 saturated carbocycles. The van der Waals surface area contributed by atoms with Gasteiger partial charge in [-0.25, -0.2) is 24.0 Å². The van der Waals surface area contributed by atoms with Crippen molar-refractivity contribution in [3.05, 3.63) is 172 Å². The Bertz CT molecular complexity index is 4310. The minimum Gasteiger partial charge on any atom is -0.461 e. The summed E-state index contributed by atoms with van der Waals surface area (Å²) in [5.41, 5.74) is 9.84. The second-order valence-corrected chi connectivity index (χ2v) is 30.4. The molecule has 5 aliphatic rings. The van der Waals surface area contributed by atoms with E-state index in [2.05, 4.69) is 45.3 Å². The fourth-order valence-corrected chi connectivity index (χ4v) is 16.2. The molecule has 554 valence electrons. The smallest absolute Gasteiger partial charge is 0.407 e. The van der Waals surface area contributed by atoms with E-state index in [0.717, 1.165) is 75.8 Å². The summed E-state index contributed by atoms with van der Waals surface area (Å²) in [7, 11) is 0. The fourth-order valence-electron chi connectivity index (χ4n) is 16.2. The van der Waals surface area contributed by atoms with Crippen LogP contribution < -0.4 is 27.0 Å². The van der Waals surface area contributed by atoms with E-state index in [1.165, 1.54) is 10.1 Å². The second-order valence-electron chi connectivity index (χ2n) is 30.4. The van der Waals surface area contributed by atoms with E-state index in [-0.39, 0.29) is 60.6 Å². The van der Waals surface area contributed by atoms with Crippen molar-refractivity contribution in [2.75, 3.05) is 19.8 Å². The highest BCUT2D eigenvalue weighted by atomic mass is 16.6. The lowest BCUT2D eigenvalue weighted by Crippen LogP contribution is -2.52. The van der Waals surface area contributed by atoms with Crippen LogP contribution in [-0.4, -0.2) is 113 Å². The molecule has 0 radical (unpaired) electrons. The Hall–Kier alpha value is -9.76. The van der Waals surface area contributed by atoms with Crippen molar-refractivity contribution in [1.29, 1.82) is 0 Å². The molecule has 4 aliphatic carbocycles. The Morgan fingerprint density at radius 3 is 1.43 bits per heavy atom. The standard InChI is InChI=1S/C84H98N6O15/c1-10-11-12-23-50-36-38-51(39-37-50)67-40-52-42-90(82(97)89-79(52)104-67)70-41-68(105-81(96)74(49(8)9)86-78(94)64-35-22-33-62(64)76(92)72(47(4)5)88-84(99)102-44-66-59-30-19-15-26-55(59)56-27-16-20-31-60(56)66)69(103-70)45-100-80(95)73(48(6)7)85-77(93)63-34-21-32-61(63)75(91)71(46(2)3)87-83(98)101-43-65-57-28-17-13-24-53(57)54-25-14-18-29-58(54)65/h13-20,24-31,36-40,42,46-49,61-66,68-74H,10-12,21-23,32-35,41,43-45H2,1-9H3,(H,85,93)(H,86,94)(H,87,98)(H,88,99)/t61?,62?,63?,64?,68?,69-,70-,71?,72?,73?,74?/m1/s1. The van der Waals surface area contributed by atoms with Crippen LogP contribution in [0.25, 0.3) is 44.7 Å². The Morgan fingerprint density at radius 1 is 0.524 bits per heavy atom. The first-order valence-electron chi connectivity index (χ1n) is 37.6. The van der Waals surface area contributed by atoms with Crippen molar-refractivity contribution in [3.63, 3.8) is 0 Å². The molecule has 21 heteroatoms. The fraction of sp³-hybridized carbons (Fsp3) is 0.476. The molecule has 3 fully saturated rings. The van der Waals surface area contributed by atoms with E-state index in [9.17, 15) is 43.2 Å². The molecule has 9 unspecified atom stereocenters. The van der Waals surface area contributed by atoms with Crippen LogP contribution in [0.4, 0.5) is 9.59 Å². The highest BCUT2D eigenvalue weighted by Gasteiger charge is 2.47. The monoisotopic (exact) mass is 1430 g/mol. The first-order chi connectivity index (χ1) is 50.6. The molecule has 0 spiro atoms. The minimum atomic E-state index is -1.25. The molecule has 4 N–H and O–H groups in total. The summed E-state index contributed by atoms with van der Waals surface area (Å²) >= 11 is 0. The van der Waals surface area contributed by atoms with E-state index < -0.39 is 126 Å². The molecule has 12 rings (SSSR count). The van der Waals surface area contributed by atoms with Gasteiger partial charge in [0.1, 0.15) is 56.1 Å². The summed E-state index contributed by atoms with van der Waals surface area (Å²) in [6.07, 6.45) is 3.21. The lowest BCUT2D eigenvalue weighted by atomic mass is 9.84. The van der Waals surface area contributed by atoms with Crippen LogP contribution in [0, 0.1) is 47.3 Å². The first kappa shape index (κ1) is 74.9. The molecule has 7 aromatic rings. The van der Waals surface area contributed by atoms with Gasteiger partial charge in [0.2, 0.25) is 17.5 Å². The SMILES string of the molecule is CCCCCc1ccc(-c2cc3cn([C@H]4CC(OC(=O)C(NC(=O)C5CCCC5C(=O)C(NC(=O)OCC5c6ccccc6-c6ccccc65)C(C)C)C(C)C)[C@@H](COC(=O)C(NC(=O)C5CCCC5C(=O)C(NC(=O)OCC5c6ccccc6-c6ccccc65)C(C)C)C(C)C)O4)c(=O)nc3o2)cc1. The van der Waals surface area contributed by atoms with Crippen LogP contribution >= 0.6 is 0 Å². The van der Waals surface area contributed by atoms with Gasteiger partial charge in [0.15, 0.2) is 11.6 Å². The van der Waals surface area contributed by atoms with E-state index >= 15 is 0 Å². The number of ketones is 2. The topological polar surface area (TPSA) is 279 Å². The van der Waals surface area contributed by atoms with E-state index in [0.29, 0.717) is 49.7 Å². The third-order valence-electron chi connectivity index (χ3n) is 21.9. The predicted molar refractivity (Wildman–Crippen MR) is 395 cm³/mol. The number of fused-ring (bicyclic) bond motifs is 7. The van der Waals surface area contributed by atoms with Crippen LogP contribution in [0.2, 0.25) is 0 Å². The number of aromatic nitrogens is 2. The van der Waals surface area contributed by atoms with Gasteiger partial charge in [-0.1, -0.05) is 209 Å². The second kappa shape index (κ2) is 33.1. The van der Waals surface area contributed by atoms with Crippen LogP contribution in [-0.2, 0) is 58.9 Å². The lowest BCUT2D eigenvalue weighted by molar-refractivity contribution is -0.163. The van der Waals surface area contributed by atoms with E-state index in [1.54, 1.807) is 40.0 Å². The first-order valence-corrected chi connectivity index (χ1v) is 37.6. The summed E-state index contributed by atoms with van der Waals surface area (Å²) in [6.45, 7) is 16.0. The van der Waals surface area contributed by atoms with Gasteiger partial charge in [0, 0.05) is 53.7 Å². The third-order valence-corrected chi connectivity index (χ3v) is 21.9. The number of carbonyl (C=O) groups excluding carboxylic acids is 8. The molecule has 3 heterocycles. The van der Waals surface area contributed by atoms with Gasteiger partial charge in [0.25, 0.3) is 0 Å². The number of carbonyl (C=O) groups is 8. The number of rotatable bonds is 29. The zero-order valence-electron chi connectivity index (χ0n) is 61.4. The van der Waals surface area contributed by atoms with Gasteiger partial charge in [-0.05, 0) is 118 Å². The maximum Gasteiger partial charge on any atom is 0.407 e. The number of Topliss-reactive ketones (excluding diaryl/α,β-unsaturated/α-hetero) is 2. The predicted octanol–water partition coefficient (Wildman–Crippen LogP) is 13.5. The van der Waals surface area contributed by atoms with Crippen molar-refractivity contribution < 1.29 is 66.5 Å². The normalized spacial score (nSPS) is 20.8. The Labute approximate surface area is 613 Å². The van der Waals surface area contributed by atoms with Gasteiger partial charge < -0.3 is 49.4 Å². The average molecular weight is 1430 g/mol. The Morgan fingerprint density at radius 2 is 0.971 bits per heavy atom.